The molecule has 0 fully saturated rings. The minimum atomic E-state index is -1.12. The van der Waals surface area contributed by atoms with Gasteiger partial charge < -0.3 is 10.1 Å². The third kappa shape index (κ3) is 4.06. The van der Waals surface area contributed by atoms with E-state index in [1.54, 1.807) is 0 Å². The van der Waals surface area contributed by atoms with Gasteiger partial charge in [0.15, 0.2) is 0 Å². The molecule has 30 heavy (non-hydrogen) atoms. The Hall–Kier alpha value is -3.59. The number of rotatable bonds is 8. The Morgan fingerprint density at radius 3 is 2.43 bits per heavy atom. The maximum atomic E-state index is 12.7. The average molecular weight is 411 g/mol. The molecule has 9 heteroatoms. The fourth-order valence-corrected chi connectivity index (χ4v) is 3.22. The van der Waals surface area contributed by atoms with Crippen molar-refractivity contribution in [2.45, 2.75) is 33.0 Å². The summed E-state index contributed by atoms with van der Waals surface area (Å²) in [6.45, 7) is 4.66. The molecule has 0 aliphatic carbocycles. The number of nitro groups is 1. The van der Waals surface area contributed by atoms with Crippen LogP contribution in [0.3, 0.4) is 0 Å². The fourth-order valence-electron chi connectivity index (χ4n) is 3.22. The molecule has 1 heterocycles. The second-order valence-electron chi connectivity index (χ2n) is 6.78. The number of ether oxygens (including phenoxy) is 1. The first kappa shape index (κ1) is 21.1. The standard InChI is InChI=1S/C21H21N3O6/c1-3-30-12-15-9-7-14(8-10-15)11-22-19(25)13(2)23-20(26)16-5-4-6-17(24(28)29)18(16)21(23)27/h4-10,13H,3,11-12H2,1-2H3,(H,22,25). The van der Waals surface area contributed by atoms with Crippen LogP contribution in [0.4, 0.5) is 5.69 Å². The summed E-state index contributed by atoms with van der Waals surface area (Å²) in [5, 5.41) is 13.9. The van der Waals surface area contributed by atoms with Crippen LogP contribution >= 0.6 is 0 Å². The van der Waals surface area contributed by atoms with Crippen molar-refractivity contribution in [1.82, 2.24) is 10.2 Å². The minimum absolute atomic E-state index is 0.0706. The van der Waals surface area contributed by atoms with Gasteiger partial charge in [0.1, 0.15) is 11.6 Å². The molecule has 2 aromatic carbocycles. The lowest BCUT2D eigenvalue weighted by molar-refractivity contribution is -0.385. The first-order valence-electron chi connectivity index (χ1n) is 9.43. The summed E-state index contributed by atoms with van der Waals surface area (Å²) < 4.78 is 5.33. The van der Waals surface area contributed by atoms with E-state index in [4.69, 9.17) is 4.74 Å². The molecular weight excluding hydrogens is 390 g/mol. The number of fused-ring (bicyclic) bond motifs is 1. The highest BCUT2D eigenvalue weighted by molar-refractivity contribution is 6.24. The molecule has 1 N–H and O–H groups in total. The number of nitrogens with zero attached hydrogens (tertiary/aromatic N) is 2. The number of hydrogen-bond acceptors (Lipinski definition) is 6. The third-order valence-electron chi connectivity index (χ3n) is 4.85. The molecule has 0 radical (unpaired) electrons. The summed E-state index contributed by atoms with van der Waals surface area (Å²) >= 11 is 0. The van der Waals surface area contributed by atoms with Crippen LogP contribution in [0.2, 0.25) is 0 Å². The van der Waals surface area contributed by atoms with E-state index in [9.17, 15) is 24.5 Å². The van der Waals surface area contributed by atoms with Crippen LogP contribution < -0.4 is 5.32 Å². The molecule has 0 saturated heterocycles. The molecule has 3 amide bonds. The second-order valence-corrected chi connectivity index (χ2v) is 6.78. The zero-order chi connectivity index (χ0) is 21.8. The number of amides is 3. The Labute approximate surface area is 172 Å². The Bertz CT molecular complexity index is 1000. The highest BCUT2D eigenvalue weighted by Gasteiger charge is 2.44. The number of hydrogen-bond donors (Lipinski definition) is 1. The molecule has 2 aromatic rings. The van der Waals surface area contributed by atoms with Gasteiger partial charge in [-0.3, -0.25) is 29.4 Å². The Balaban J connectivity index is 1.68. The van der Waals surface area contributed by atoms with E-state index in [1.807, 2.05) is 31.2 Å². The van der Waals surface area contributed by atoms with E-state index in [0.717, 1.165) is 22.1 Å². The minimum Gasteiger partial charge on any atom is -0.377 e. The number of benzene rings is 2. The smallest absolute Gasteiger partial charge is 0.282 e. The normalized spacial score (nSPS) is 13.9. The Morgan fingerprint density at radius 2 is 1.80 bits per heavy atom. The van der Waals surface area contributed by atoms with Crippen molar-refractivity contribution in [3.05, 3.63) is 74.8 Å². The number of nitro benzene ring substituents is 1. The van der Waals surface area contributed by atoms with Crippen molar-refractivity contribution in [3.63, 3.8) is 0 Å². The summed E-state index contributed by atoms with van der Waals surface area (Å²) in [5.74, 6) is -2.10. The molecule has 0 aromatic heterocycles. The lowest BCUT2D eigenvalue weighted by Crippen LogP contribution is -2.47. The lowest BCUT2D eigenvalue weighted by Gasteiger charge is -2.21. The number of carbonyl (C=O) groups is 3. The number of imide groups is 1. The first-order chi connectivity index (χ1) is 14.3. The van der Waals surface area contributed by atoms with Crippen molar-refractivity contribution < 1.29 is 24.0 Å². The predicted molar refractivity (Wildman–Crippen MR) is 107 cm³/mol. The first-order valence-corrected chi connectivity index (χ1v) is 9.43. The van der Waals surface area contributed by atoms with Crippen molar-refractivity contribution in [3.8, 4) is 0 Å². The maximum absolute atomic E-state index is 12.7. The van der Waals surface area contributed by atoms with Crippen LogP contribution in [0.25, 0.3) is 0 Å². The molecule has 1 aliphatic rings. The van der Waals surface area contributed by atoms with Crippen molar-refractivity contribution in [1.29, 1.82) is 0 Å². The van der Waals surface area contributed by atoms with Crippen LogP contribution in [0.1, 0.15) is 45.7 Å². The topological polar surface area (TPSA) is 119 Å². The molecule has 3 rings (SSSR count). The van der Waals surface area contributed by atoms with Gasteiger partial charge in [-0.15, -0.1) is 0 Å². The van der Waals surface area contributed by atoms with Crippen molar-refractivity contribution >= 4 is 23.4 Å². The van der Waals surface area contributed by atoms with Crippen LogP contribution in [-0.4, -0.2) is 40.2 Å². The number of carbonyl (C=O) groups excluding carboxylic acids is 3. The molecule has 1 aliphatic heterocycles. The zero-order valence-corrected chi connectivity index (χ0v) is 16.6. The van der Waals surface area contributed by atoms with Gasteiger partial charge in [0.05, 0.1) is 17.1 Å². The Morgan fingerprint density at radius 1 is 1.13 bits per heavy atom. The van der Waals surface area contributed by atoms with Crippen LogP contribution in [0.5, 0.6) is 0 Å². The molecule has 156 valence electrons. The summed E-state index contributed by atoms with van der Waals surface area (Å²) in [7, 11) is 0. The lowest BCUT2D eigenvalue weighted by atomic mass is 10.1. The summed E-state index contributed by atoms with van der Waals surface area (Å²) in [4.78, 5) is 49.1. The van der Waals surface area contributed by atoms with E-state index in [2.05, 4.69) is 5.32 Å². The van der Waals surface area contributed by atoms with E-state index < -0.39 is 34.4 Å². The van der Waals surface area contributed by atoms with E-state index in [1.165, 1.54) is 19.1 Å². The molecule has 1 atom stereocenters. The van der Waals surface area contributed by atoms with Gasteiger partial charge in [-0.2, -0.15) is 0 Å². The van der Waals surface area contributed by atoms with Gasteiger partial charge >= 0.3 is 0 Å². The van der Waals surface area contributed by atoms with Gasteiger partial charge in [0.2, 0.25) is 5.91 Å². The second kappa shape index (κ2) is 8.83. The molecule has 0 spiro atoms. The van der Waals surface area contributed by atoms with Gasteiger partial charge in [0.25, 0.3) is 17.5 Å². The molecular formula is C21H21N3O6. The molecule has 0 bridgehead atoms. The highest BCUT2D eigenvalue weighted by atomic mass is 16.6. The average Bonchev–Trinajstić information content (AvgIpc) is 3.00. The zero-order valence-electron chi connectivity index (χ0n) is 16.6. The van der Waals surface area contributed by atoms with Gasteiger partial charge in [-0.1, -0.05) is 30.3 Å². The van der Waals surface area contributed by atoms with E-state index in [-0.39, 0.29) is 17.7 Å². The SMILES string of the molecule is CCOCc1ccc(CNC(=O)C(C)N2C(=O)c3cccc([N+](=O)[O-])c3C2=O)cc1. The molecule has 0 saturated carbocycles. The largest absolute Gasteiger partial charge is 0.377 e. The summed E-state index contributed by atoms with van der Waals surface area (Å²) in [5.41, 5.74) is 1.05. The van der Waals surface area contributed by atoms with Crippen LogP contribution in [-0.2, 0) is 22.7 Å². The highest BCUT2D eigenvalue weighted by Crippen LogP contribution is 2.31. The maximum Gasteiger partial charge on any atom is 0.282 e. The van der Waals surface area contributed by atoms with Gasteiger partial charge in [-0.05, 0) is 31.0 Å². The summed E-state index contributed by atoms with van der Waals surface area (Å²) in [6.07, 6.45) is 0. The van der Waals surface area contributed by atoms with E-state index >= 15 is 0 Å². The third-order valence-corrected chi connectivity index (χ3v) is 4.85. The predicted octanol–water partition coefficient (Wildman–Crippen LogP) is 2.43. The van der Waals surface area contributed by atoms with Crippen LogP contribution in [0, 0.1) is 10.1 Å². The van der Waals surface area contributed by atoms with E-state index in [0.29, 0.717) is 13.2 Å². The quantitative estimate of drug-likeness (QED) is 0.405. The molecule has 1 unspecified atom stereocenters. The monoisotopic (exact) mass is 411 g/mol. The number of nitrogens with one attached hydrogen (secondary N) is 1. The van der Waals surface area contributed by atoms with Gasteiger partial charge in [-0.25, -0.2) is 0 Å². The Kier molecular flexibility index (Phi) is 6.22. The molecule has 9 nitrogen and oxygen atoms in total. The summed E-state index contributed by atoms with van der Waals surface area (Å²) in [6, 6.07) is 10.2. The van der Waals surface area contributed by atoms with Gasteiger partial charge in [0, 0.05) is 19.2 Å². The van der Waals surface area contributed by atoms with Crippen molar-refractivity contribution in [2.24, 2.45) is 0 Å². The van der Waals surface area contributed by atoms with Crippen LogP contribution in [0.15, 0.2) is 42.5 Å². The fraction of sp³-hybridized carbons (Fsp3) is 0.286. The van der Waals surface area contributed by atoms with Crippen molar-refractivity contribution in [2.75, 3.05) is 6.61 Å².